The van der Waals surface area contributed by atoms with Gasteiger partial charge in [0.25, 0.3) is 0 Å². The SMILES string of the molecule is CC(C)(C)OC(=O)c1ccc(OCCCCOCCSSCCOCCCCOc2ccc(C(C)(C)C)cc2)cc1. The maximum atomic E-state index is 12.1. The molecular formula is C33H50O6S2. The van der Waals surface area contributed by atoms with E-state index in [-0.39, 0.29) is 11.4 Å². The molecular weight excluding hydrogens is 556 g/mol. The van der Waals surface area contributed by atoms with Gasteiger partial charge in [-0.15, -0.1) is 0 Å². The Labute approximate surface area is 256 Å². The van der Waals surface area contributed by atoms with Gasteiger partial charge in [0.15, 0.2) is 0 Å². The Bertz CT molecular complexity index is 965. The van der Waals surface area contributed by atoms with E-state index in [4.69, 9.17) is 23.7 Å². The molecule has 0 aliphatic heterocycles. The van der Waals surface area contributed by atoms with Gasteiger partial charge < -0.3 is 23.7 Å². The lowest BCUT2D eigenvalue weighted by Gasteiger charge is -2.19. The summed E-state index contributed by atoms with van der Waals surface area (Å²) in [5.74, 6) is 3.32. The Kier molecular flexibility index (Phi) is 16.7. The van der Waals surface area contributed by atoms with Crippen molar-refractivity contribution in [2.75, 3.05) is 51.1 Å². The van der Waals surface area contributed by atoms with Gasteiger partial charge in [0.1, 0.15) is 17.1 Å². The highest BCUT2D eigenvalue weighted by molar-refractivity contribution is 8.76. The van der Waals surface area contributed by atoms with Crippen LogP contribution in [0.15, 0.2) is 48.5 Å². The third-order valence-corrected chi connectivity index (χ3v) is 8.15. The molecule has 230 valence electrons. The predicted octanol–water partition coefficient (Wildman–Crippen LogP) is 8.37. The first-order chi connectivity index (χ1) is 19.5. The van der Waals surface area contributed by atoms with Gasteiger partial charge in [-0.2, -0.15) is 0 Å². The minimum absolute atomic E-state index is 0.168. The number of benzene rings is 2. The summed E-state index contributed by atoms with van der Waals surface area (Å²) in [5.41, 5.74) is 1.52. The van der Waals surface area contributed by atoms with Gasteiger partial charge >= 0.3 is 5.97 Å². The van der Waals surface area contributed by atoms with Crippen LogP contribution >= 0.6 is 21.6 Å². The van der Waals surface area contributed by atoms with Crippen molar-refractivity contribution in [2.24, 2.45) is 0 Å². The second-order valence-corrected chi connectivity index (χ2v) is 14.5. The van der Waals surface area contributed by atoms with Crippen molar-refractivity contribution < 1.29 is 28.5 Å². The molecule has 6 nitrogen and oxygen atoms in total. The minimum atomic E-state index is -0.502. The van der Waals surface area contributed by atoms with E-state index < -0.39 is 5.60 Å². The molecule has 0 radical (unpaired) electrons. The van der Waals surface area contributed by atoms with Gasteiger partial charge in [-0.25, -0.2) is 4.79 Å². The maximum absolute atomic E-state index is 12.1. The number of esters is 1. The van der Waals surface area contributed by atoms with E-state index in [1.165, 1.54) is 5.56 Å². The van der Waals surface area contributed by atoms with E-state index in [0.29, 0.717) is 12.2 Å². The first-order valence-electron chi connectivity index (χ1n) is 14.6. The normalized spacial score (nSPS) is 11.9. The molecule has 0 heterocycles. The zero-order valence-electron chi connectivity index (χ0n) is 25.9. The smallest absolute Gasteiger partial charge is 0.338 e. The summed E-state index contributed by atoms with van der Waals surface area (Å²) in [4.78, 5) is 12.1. The predicted molar refractivity (Wildman–Crippen MR) is 173 cm³/mol. The summed E-state index contributed by atoms with van der Waals surface area (Å²) in [6, 6.07) is 15.5. The highest BCUT2D eigenvalue weighted by Gasteiger charge is 2.17. The van der Waals surface area contributed by atoms with Crippen molar-refractivity contribution >= 4 is 27.6 Å². The molecule has 0 aliphatic carbocycles. The number of ether oxygens (including phenoxy) is 5. The summed E-state index contributed by atoms with van der Waals surface area (Å²) in [7, 11) is 3.66. The Hall–Kier alpha value is -1.87. The highest BCUT2D eigenvalue weighted by atomic mass is 33.1. The molecule has 2 aromatic carbocycles. The Morgan fingerprint density at radius 1 is 0.610 bits per heavy atom. The van der Waals surface area contributed by atoms with Crippen LogP contribution in [0.2, 0.25) is 0 Å². The van der Waals surface area contributed by atoms with Crippen LogP contribution in [0.25, 0.3) is 0 Å². The number of hydrogen-bond acceptors (Lipinski definition) is 8. The first-order valence-corrected chi connectivity index (χ1v) is 17.1. The molecule has 0 unspecified atom stereocenters. The molecule has 0 atom stereocenters. The number of rotatable bonds is 20. The van der Waals surface area contributed by atoms with Gasteiger partial charge in [0, 0.05) is 24.7 Å². The third kappa shape index (κ3) is 17.0. The molecule has 0 fully saturated rings. The molecule has 0 amide bonds. The van der Waals surface area contributed by atoms with Crippen LogP contribution in [0.5, 0.6) is 11.5 Å². The fourth-order valence-electron chi connectivity index (χ4n) is 3.58. The second-order valence-electron chi connectivity index (χ2n) is 11.8. The Morgan fingerprint density at radius 2 is 1.05 bits per heavy atom. The molecule has 0 bridgehead atoms. The quantitative estimate of drug-likeness (QED) is 0.0846. The van der Waals surface area contributed by atoms with Crippen molar-refractivity contribution in [3.05, 3.63) is 59.7 Å². The van der Waals surface area contributed by atoms with Crippen molar-refractivity contribution in [2.45, 2.75) is 78.2 Å². The molecule has 0 spiro atoms. The summed E-state index contributed by atoms with van der Waals surface area (Å²) < 4.78 is 28.4. The highest BCUT2D eigenvalue weighted by Crippen LogP contribution is 2.24. The molecule has 0 aliphatic rings. The average Bonchev–Trinajstić information content (AvgIpc) is 2.91. The monoisotopic (exact) mass is 606 g/mol. The van der Waals surface area contributed by atoms with Crippen LogP contribution in [0.1, 0.15) is 83.1 Å². The Morgan fingerprint density at radius 3 is 1.49 bits per heavy atom. The minimum Gasteiger partial charge on any atom is -0.494 e. The molecule has 0 saturated carbocycles. The van der Waals surface area contributed by atoms with Crippen LogP contribution in [-0.2, 0) is 19.6 Å². The van der Waals surface area contributed by atoms with E-state index in [9.17, 15) is 4.79 Å². The number of carbonyl (C=O) groups is 1. The average molecular weight is 607 g/mol. The Balaban J connectivity index is 1.32. The van der Waals surface area contributed by atoms with Gasteiger partial charge in [-0.1, -0.05) is 54.5 Å². The van der Waals surface area contributed by atoms with E-state index in [1.807, 2.05) is 42.4 Å². The number of unbranched alkanes of at least 4 members (excludes halogenated alkanes) is 2. The van der Waals surface area contributed by atoms with Crippen LogP contribution in [0.3, 0.4) is 0 Å². The molecule has 41 heavy (non-hydrogen) atoms. The molecule has 0 aromatic heterocycles. The number of carbonyl (C=O) groups excluding carboxylic acids is 1. The van der Waals surface area contributed by atoms with Gasteiger partial charge in [-0.05, 0) is 93.8 Å². The molecule has 0 N–H and O–H groups in total. The lowest BCUT2D eigenvalue weighted by atomic mass is 9.87. The summed E-state index contributed by atoms with van der Waals surface area (Å²) in [6.45, 7) is 16.6. The van der Waals surface area contributed by atoms with Crippen molar-refractivity contribution in [3.63, 3.8) is 0 Å². The van der Waals surface area contributed by atoms with E-state index in [2.05, 4.69) is 45.0 Å². The maximum Gasteiger partial charge on any atom is 0.338 e. The fraction of sp³-hybridized carbons (Fsp3) is 0.606. The summed E-state index contributed by atoms with van der Waals surface area (Å²) >= 11 is 0. The van der Waals surface area contributed by atoms with E-state index in [0.717, 1.165) is 81.7 Å². The van der Waals surface area contributed by atoms with Crippen LogP contribution in [-0.4, -0.2) is 62.7 Å². The first kappa shape index (κ1) is 35.3. The third-order valence-electron chi connectivity index (χ3n) is 5.82. The molecule has 8 heteroatoms. The fourth-order valence-corrected chi connectivity index (χ4v) is 5.30. The summed E-state index contributed by atoms with van der Waals surface area (Å²) in [5, 5.41) is 0. The van der Waals surface area contributed by atoms with Crippen molar-refractivity contribution in [1.82, 2.24) is 0 Å². The van der Waals surface area contributed by atoms with Crippen LogP contribution in [0.4, 0.5) is 0 Å². The molecule has 2 aromatic rings. The number of hydrogen-bond donors (Lipinski definition) is 0. The lowest BCUT2D eigenvalue weighted by Crippen LogP contribution is -2.23. The van der Waals surface area contributed by atoms with E-state index in [1.54, 1.807) is 24.3 Å². The van der Waals surface area contributed by atoms with Gasteiger partial charge in [0.2, 0.25) is 0 Å². The van der Waals surface area contributed by atoms with E-state index >= 15 is 0 Å². The standard InChI is InChI=1S/C33H50O6S2/c1-32(2,3)28-13-17-30(18-14-28)38-22-10-8-20-36-24-26-41-40-25-23-35-19-7-9-21-37-29-15-11-27(12-16-29)31(34)39-33(4,5)6/h11-18H,7-10,19-26H2,1-6H3. The second kappa shape index (κ2) is 19.3. The van der Waals surface area contributed by atoms with Crippen LogP contribution in [0, 0.1) is 0 Å². The zero-order valence-corrected chi connectivity index (χ0v) is 27.5. The zero-order chi connectivity index (χ0) is 30.0. The largest absolute Gasteiger partial charge is 0.494 e. The topological polar surface area (TPSA) is 63.2 Å². The lowest BCUT2D eigenvalue weighted by molar-refractivity contribution is 0.00694. The van der Waals surface area contributed by atoms with Crippen molar-refractivity contribution in [3.8, 4) is 11.5 Å². The molecule has 2 rings (SSSR count). The summed E-state index contributed by atoms with van der Waals surface area (Å²) in [6.07, 6.45) is 3.88. The van der Waals surface area contributed by atoms with Gasteiger partial charge in [0.05, 0.1) is 32.0 Å². The molecule has 0 saturated heterocycles. The van der Waals surface area contributed by atoms with Crippen LogP contribution < -0.4 is 9.47 Å². The van der Waals surface area contributed by atoms with Gasteiger partial charge in [-0.3, -0.25) is 0 Å². The van der Waals surface area contributed by atoms with Crippen molar-refractivity contribution in [1.29, 1.82) is 0 Å².